The van der Waals surface area contributed by atoms with Crippen LogP contribution >= 0.6 is 11.6 Å². The van der Waals surface area contributed by atoms with Gasteiger partial charge in [0.1, 0.15) is 12.1 Å². The number of anilines is 1. The highest BCUT2D eigenvalue weighted by molar-refractivity contribution is 6.30. The first-order valence-electron chi connectivity index (χ1n) is 7.80. The summed E-state index contributed by atoms with van der Waals surface area (Å²) < 4.78 is 7.18. The van der Waals surface area contributed by atoms with Gasteiger partial charge >= 0.3 is 0 Å². The number of hydrogen-bond donors (Lipinski definition) is 1. The van der Waals surface area contributed by atoms with Crippen molar-refractivity contribution >= 4 is 17.5 Å². The quantitative estimate of drug-likeness (QED) is 0.780. The van der Waals surface area contributed by atoms with Crippen molar-refractivity contribution in [3.05, 3.63) is 71.0 Å². The molecule has 1 aliphatic heterocycles. The summed E-state index contributed by atoms with van der Waals surface area (Å²) in [6.07, 6.45) is 2.46. The van der Waals surface area contributed by atoms with Crippen LogP contribution in [0.2, 0.25) is 5.02 Å². The van der Waals surface area contributed by atoms with Crippen LogP contribution in [-0.4, -0.2) is 21.9 Å². The molecule has 2 aromatic carbocycles. The molecule has 0 fully saturated rings. The molecule has 0 aliphatic carbocycles. The van der Waals surface area contributed by atoms with Gasteiger partial charge in [0.2, 0.25) is 5.95 Å². The van der Waals surface area contributed by atoms with Gasteiger partial charge < -0.3 is 10.1 Å². The van der Waals surface area contributed by atoms with E-state index in [-0.39, 0.29) is 12.1 Å². The Balaban J connectivity index is 1.68. The normalized spacial score (nSPS) is 19.4. The zero-order valence-corrected chi connectivity index (χ0v) is 13.9. The molecule has 122 valence electrons. The number of hydrogen-bond acceptors (Lipinski definition) is 4. The fourth-order valence-electron chi connectivity index (χ4n) is 3.14. The summed E-state index contributed by atoms with van der Waals surface area (Å²) in [5.74, 6) is 1.63. The third-order valence-corrected chi connectivity index (χ3v) is 4.66. The highest BCUT2D eigenvalue weighted by atomic mass is 35.5. The van der Waals surface area contributed by atoms with Crippen molar-refractivity contribution in [1.82, 2.24) is 14.8 Å². The molecule has 2 heterocycles. The maximum absolute atomic E-state index is 6.02. The summed E-state index contributed by atoms with van der Waals surface area (Å²) in [7, 11) is 1.67. The van der Waals surface area contributed by atoms with E-state index >= 15 is 0 Å². The second-order valence-corrected chi connectivity index (χ2v) is 6.24. The van der Waals surface area contributed by atoms with E-state index in [4.69, 9.17) is 16.3 Å². The third-order valence-electron chi connectivity index (χ3n) is 4.40. The Morgan fingerprint density at radius 2 is 1.79 bits per heavy atom. The molecule has 6 heteroatoms. The third kappa shape index (κ3) is 2.71. The Labute approximate surface area is 145 Å². The molecule has 0 unspecified atom stereocenters. The van der Waals surface area contributed by atoms with Crippen molar-refractivity contribution in [2.24, 2.45) is 0 Å². The fourth-order valence-corrected chi connectivity index (χ4v) is 3.26. The van der Waals surface area contributed by atoms with Gasteiger partial charge in [-0.15, -0.1) is 0 Å². The summed E-state index contributed by atoms with van der Waals surface area (Å²) in [5.41, 5.74) is 2.37. The molecule has 24 heavy (non-hydrogen) atoms. The zero-order valence-electron chi connectivity index (χ0n) is 13.2. The fraction of sp³-hybridized carbons (Fsp3) is 0.222. The van der Waals surface area contributed by atoms with Gasteiger partial charge in [0.25, 0.3) is 0 Å². The second kappa shape index (κ2) is 6.17. The van der Waals surface area contributed by atoms with Crippen LogP contribution in [0.25, 0.3) is 0 Å². The summed E-state index contributed by atoms with van der Waals surface area (Å²) in [6.45, 7) is 0. The van der Waals surface area contributed by atoms with E-state index in [0.29, 0.717) is 0 Å². The number of rotatable bonds is 3. The van der Waals surface area contributed by atoms with Crippen molar-refractivity contribution in [3.8, 4) is 5.75 Å². The highest BCUT2D eigenvalue weighted by Crippen LogP contribution is 2.37. The number of methoxy groups -OCH3 is 1. The predicted molar refractivity (Wildman–Crippen MR) is 93.6 cm³/mol. The Morgan fingerprint density at radius 3 is 2.50 bits per heavy atom. The van der Waals surface area contributed by atoms with Gasteiger partial charge in [0.15, 0.2) is 0 Å². The molecule has 1 aromatic heterocycles. The molecule has 0 amide bonds. The SMILES string of the molecule is COc1ccc([C@H]2C[C@@H](c3ccc(Cl)cc3)n3ncnc3N2)cc1. The molecule has 1 N–H and O–H groups in total. The van der Waals surface area contributed by atoms with Crippen molar-refractivity contribution in [2.45, 2.75) is 18.5 Å². The van der Waals surface area contributed by atoms with Gasteiger partial charge in [0.05, 0.1) is 19.2 Å². The largest absolute Gasteiger partial charge is 0.497 e. The average Bonchev–Trinajstić information content (AvgIpc) is 3.10. The first-order valence-corrected chi connectivity index (χ1v) is 8.18. The minimum Gasteiger partial charge on any atom is -0.497 e. The molecule has 0 saturated heterocycles. The van der Waals surface area contributed by atoms with Gasteiger partial charge in [-0.05, 0) is 41.8 Å². The summed E-state index contributed by atoms with van der Waals surface area (Å²) >= 11 is 6.02. The van der Waals surface area contributed by atoms with Gasteiger partial charge in [-0.25, -0.2) is 4.68 Å². The maximum atomic E-state index is 6.02. The molecule has 4 rings (SSSR count). The zero-order chi connectivity index (χ0) is 16.5. The van der Waals surface area contributed by atoms with Crippen LogP contribution < -0.4 is 10.1 Å². The molecule has 0 saturated carbocycles. The van der Waals surface area contributed by atoms with Crippen molar-refractivity contribution < 1.29 is 4.74 Å². The number of aromatic nitrogens is 3. The molecule has 0 spiro atoms. The van der Waals surface area contributed by atoms with Gasteiger partial charge in [-0.2, -0.15) is 10.1 Å². The van der Waals surface area contributed by atoms with Crippen LogP contribution in [-0.2, 0) is 0 Å². The standard InChI is InChI=1S/C18H17ClN4O/c1-24-15-8-4-12(5-9-15)16-10-17(13-2-6-14(19)7-3-13)23-18(22-16)20-11-21-23/h2-9,11,16-17H,10H2,1H3,(H,20,21,22)/t16-,17+/m1/s1. The van der Waals surface area contributed by atoms with Crippen molar-refractivity contribution in [3.63, 3.8) is 0 Å². The first-order chi connectivity index (χ1) is 11.7. The molecular weight excluding hydrogens is 324 g/mol. The number of nitrogens with zero attached hydrogens (tertiary/aromatic N) is 3. The maximum Gasteiger partial charge on any atom is 0.222 e. The topological polar surface area (TPSA) is 52.0 Å². The second-order valence-electron chi connectivity index (χ2n) is 5.80. The van der Waals surface area contributed by atoms with Crippen LogP contribution in [0.15, 0.2) is 54.9 Å². The molecule has 2 atom stereocenters. The first kappa shape index (κ1) is 15.0. The summed E-state index contributed by atoms with van der Waals surface area (Å²) in [6, 6.07) is 16.3. The Bertz CT molecular complexity index is 829. The number of fused-ring (bicyclic) bond motifs is 1. The molecule has 0 bridgehead atoms. The van der Waals surface area contributed by atoms with Gasteiger partial charge in [-0.3, -0.25) is 0 Å². The molecule has 1 aliphatic rings. The van der Waals surface area contributed by atoms with E-state index in [1.165, 1.54) is 11.1 Å². The summed E-state index contributed by atoms with van der Waals surface area (Å²) in [4.78, 5) is 4.35. The van der Waals surface area contributed by atoms with E-state index in [9.17, 15) is 0 Å². The number of nitrogens with one attached hydrogen (secondary N) is 1. The summed E-state index contributed by atoms with van der Waals surface area (Å²) in [5, 5.41) is 8.58. The van der Waals surface area contributed by atoms with E-state index in [1.807, 2.05) is 28.9 Å². The lowest BCUT2D eigenvalue weighted by Crippen LogP contribution is -2.28. The van der Waals surface area contributed by atoms with Crippen molar-refractivity contribution in [2.75, 3.05) is 12.4 Å². The smallest absolute Gasteiger partial charge is 0.222 e. The number of halogens is 1. The monoisotopic (exact) mass is 340 g/mol. The Morgan fingerprint density at radius 1 is 1.08 bits per heavy atom. The number of benzene rings is 2. The van der Waals surface area contributed by atoms with E-state index in [2.05, 4.69) is 39.7 Å². The van der Waals surface area contributed by atoms with E-state index in [0.717, 1.165) is 23.1 Å². The number of ether oxygens (including phenoxy) is 1. The van der Waals surface area contributed by atoms with E-state index < -0.39 is 0 Å². The lowest BCUT2D eigenvalue weighted by Gasteiger charge is -2.31. The van der Waals surface area contributed by atoms with Crippen LogP contribution in [0.3, 0.4) is 0 Å². The lowest BCUT2D eigenvalue weighted by molar-refractivity contribution is 0.413. The lowest BCUT2D eigenvalue weighted by atomic mass is 9.93. The van der Waals surface area contributed by atoms with Crippen LogP contribution in [0.1, 0.15) is 29.6 Å². The Kier molecular flexibility index (Phi) is 3.86. The average molecular weight is 341 g/mol. The minimum absolute atomic E-state index is 0.119. The predicted octanol–water partition coefficient (Wildman–Crippen LogP) is 4.09. The van der Waals surface area contributed by atoms with Crippen LogP contribution in [0.4, 0.5) is 5.95 Å². The minimum atomic E-state index is 0.119. The van der Waals surface area contributed by atoms with Crippen LogP contribution in [0, 0.1) is 0 Å². The molecule has 3 aromatic rings. The van der Waals surface area contributed by atoms with E-state index in [1.54, 1.807) is 13.4 Å². The van der Waals surface area contributed by atoms with Gasteiger partial charge in [-0.1, -0.05) is 35.9 Å². The molecule has 0 radical (unpaired) electrons. The van der Waals surface area contributed by atoms with Crippen molar-refractivity contribution in [1.29, 1.82) is 0 Å². The Hall–Kier alpha value is -2.53. The molecular formula is C18H17ClN4O. The highest BCUT2D eigenvalue weighted by Gasteiger charge is 2.29. The molecule has 5 nitrogen and oxygen atoms in total. The van der Waals surface area contributed by atoms with Gasteiger partial charge in [0, 0.05) is 5.02 Å². The van der Waals surface area contributed by atoms with Crippen LogP contribution in [0.5, 0.6) is 5.75 Å².